The zero-order chi connectivity index (χ0) is 25.1. The predicted octanol–water partition coefficient (Wildman–Crippen LogP) is 4.63. The molecule has 1 aliphatic rings. The number of halogens is 4. The molecule has 3 N–H and O–H groups in total. The predicted molar refractivity (Wildman–Crippen MR) is 118 cm³/mol. The van der Waals surface area contributed by atoms with Crippen LogP contribution in [0.1, 0.15) is 42.2 Å². The molecule has 1 saturated heterocycles. The van der Waals surface area contributed by atoms with Gasteiger partial charge in [0.2, 0.25) is 5.72 Å². The fraction of sp³-hybridized carbons (Fsp3) is 0.391. The summed E-state index contributed by atoms with van der Waals surface area (Å²) in [5.74, 6) is -2.62. The van der Waals surface area contributed by atoms with Crippen molar-refractivity contribution in [2.24, 2.45) is 5.92 Å². The molecular weight excluding hydrogens is 477 g/mol. The molecule has 0 radical (unpaired) electrons. The minimum atomic E-state index is -5.36. The molecule has 3 atom stereocenters. The van der Waals surface area contributed by atoms with E-state index in [1.54, 1.807) is 6.92 Å². The number of ketones is 1. The third kappa shape index (κ3) is 5.07. The first kappa shape index (κ1) is 25.6. The molecule has 0 bridgehead atoms. The number of aliphatic hydroxyl groups is 1. The van der Waals surface area contributed by atoms with Crippen LogP contribution in [-0.4, -0.2) is 42.0 Å². The SMILES string of the molecule is CCCOc1ccc(C2NC(=O)NC(O)(C(F)(F)F)C2C(=O)c2ccc(Cl)cc2)cc1OCC. The van der Waals surface area contributed by atoms with E-state index in [2.05, 4.69) is 5.32 Å². The topological polar surface area (TPSA) is 96.9 Å². The number of urea groups is 1. The van der Waals surface area contributed by atoms with E-state index in [0.717, 1.165) is 0 Å². The first-order valence-corrected chi connectivity index (χ1v) is 11.0. The van der Waals surface area contributed by atoms with E-state index in [1.807, 2.05) is 6.92 Å². The molecule has 1 fully saturated rings. The van der Waals surface area contributed by atoms with Crippen LogP contribution in [-0.2, 0) is 0 Å². The van der Waals surface area contributed by atoms with E-state index in [9.17, 15) is 27.9 Å². The lowest BCUT2D eigenvalue weighted by molar-refractivity contribution is -0.287. The van der Waals surface area contributed by atoms with Crippen molar-refractivity contribution in [2.45, 2.75) is 38.2 Å². The van der Waals surface area contributed by atoms with Gasteiger partial charge in [0.05, 0.1) is 19.3 Å². The Balaban J connectivity index is 2.14. The number of carbonyl (C=O) groups excluding carboxylic acids is 2. The molecule has 34 heavy (non-hydrogen) atoms. The number of ether oxygens (including phenoxy) is 2. The first-order valence-electron chi connectivity index (χ1n) is 10.6. The van der Waals surface area contributed by atoms with E-state index in [0.29, 0.717) is 18.8 Å². The zero-order valence-electron chi connectivity index (χ0n) is 18.4. The van der Waals surface area contributed by atoms with Gasteiger partial charge in [0.15, 0.2) is 17.3 Å². The maximum absolute atomic E-state index is 14.1. The zero-order valence-corrected chi connectivity index (χ0v) is 19.2. The van der Waals surface area contributed by atoms with Gasteiger partial charge in [-0.3, -0.25) is 4.79 Å². The van der Waals surface area contributed by atoms with Gasteiger partial charge in [0.25, 0.3) is 0 Å². The Morgan fingerprint density at radius 3 is 2.38 bits per heavy atom. The Labute approximate surface area is 199 Å². The summed E-state index contributed by atoms with van der Waals surface area (Å²) in [6, 6.07) is 6.67. The molecule has 1 heterocycles. The molecule has 0 aromatic heterocycles. The van der Waals surface area contributed by atoms with Crippen LogP contribution >= 0.6 is 11.6 Å². The van der Waals surface area contributed by atoms with Crippen molar-refractivity contribution in [3.05, 3.63) is 58.6 Å². The Morgan fingerprint density at radius 2 is 1.79 bits per heavy atom. The number of Topliss-reactive ketones (excluding diaryl/α,β-unsaturated/α-hetero) is 1. The minimum absolute atomic E-state index is 0.118. The number of alkyl halides is 3. The normalized spacial score (nSPS) is 22.5. The summed E-state index contributed by atoms with van der Waals surface area (Å²) in [7, 11) is 0. The van der Waals surface area contributed by atoms with Gasteiger partial charge in [-0.25, -0.2) is 4.79 Å². The number of rotatable bonds is 8. The van der Waals surface area contributed by atoms with Gasteiger partial charge in [0, 0.05) is 10.6 Å². The summed E-state index contributed by atoms with van der Waals surface area (Å²) in [5, 5.41) is 14.8. The Morgan fingerprint density at radius 1 is 1.12 bits per heavy atom. The molecule has 3 unspecified atom stereocenters. The van der Waals surface area contributed by atoms with Crippen LogP contribution in [0.5, 0.6) is 11.5 Å². The highest BCUT2D eigenvalue weighted by atomic mass is 35.5. The van der Waals surface area contributed by atoms with Crippen LogP contribution in [0.2, 0.25) is 5.02 Å². The third-order valence-corrected chi connectivity index (χ3v) is 5.56. The van der Waals surface area contributed by atoms with E-state index in [1.165, 1.54) is 47.8 Å². The summed E-state index contributed by atoms with van der Waals surface area (Å²) in [6.07, 6.45) is -4.64. The van der Waals surface area contributed by atoms with Crippen LogP contribution in [0.15, 0.2) is 42.5 Å². The quantitative estimate of drug-likeness (QED) is 0.459. The van der Waals surface area contributed by atoms with E-state index in [-0.39, 0.29) is 28.5 Å². The summed E-state index contributed by atoms with van der Waals surface area (Å²) in [6.45, 7) is 4.25. The molecule has 2 aromatic rings. The second-order valence-corrected chi connectivity index (χ2v) is 8.11. The van der Waals surface area contributed by atoms with Gasteiger partial charge in [-0.05, 0) is 55.3 Å². The second-order valence-electron chi connectivity index (χ2n) is 7.68. The number of benzene rings is 2. The monoisotopic (exact) mass is 500 g/mol. The van der Waals surface area contributed by atoms with Gasteiger partial charge in [0.1, 0.15) is 5.92 Å². The number of hydrogen-bond acceptors (Lipinski definition) is 5. The van der Waals surface area contributed by atoms with Crippen molar-refractivity contribution < 1.29 is 37.3 Å². The number of nitrogens with one attached hydrogen (secondary N) is 2. The Bertz CT molecular complexity index is 1050. The van der Waals surface area contributed by atoms with E-state index >= 15 is 0 Å². The molecule has 0 aliphatic carbocycles. The van der Waals surface area contributed by atoms with Gasteiger partial charge >= 0.3 is 12.2 Å². The molecule has 184 valence electrons. The lowest BCUT2D eigenvalue weighted by atomic mass is 9.77. The van der Waals surface area contributed by atoms with E-state index < -0.39 is 35.7 Å². The smallest absolute Gasteiger partial charge is 0.437 e. The highest BCUT2D eigenvalue weighted by molar-refractivity contribution is 6.30. The molecule has 0 saturated carbocycles. The second kappa shape index (κ2) is 10.1. The van der Waals surface area contributed by atoms with Crippen molar-refractivity contribution >= 4 is 23.4 Å². The Kier molecular flexibility index (Phi) is 7.62. The van der Waals surface area contributed by atoms with Crippen LogP contribution in [0.3, 0.4) is 0 Å². The number of hydrogen-bond donors (Lipinski definition) is 3. The highest BCUT2D eigenvalue weighted by Gasteiger charge is 2.66. The summed E-state index contributed by atoms with van der Waals surface area (Å²) in [5.41, 5.74) is -3.83. The fourth-order valence-corrected chi connectivity index (χ4v) is 3.85. The highest BCUT2D eigenvalue weighted by Crippen LogP contribution is 2.45. The van der Waals surface area contributed by atoms with Gasteiger partial charge in [-0.15, -0.1) is 0 Å². The molecule has 1 aliphatic heterocycles. The lowest BCUT2D eigenvalue weighted by Gasteiger charge is -2.45. The Hall–Kier alpha value is -2.98. The number of carbonyl (C=O) groups is 2. The first-order chi connectivity index (χ1) is 16.0. The average molecular weight is 501 g/mol. The number of amides is 2. The van der Waals surface area contributed by atoms with Crippen LogP contribution in [0.4, 0.5) is 18.0 Å². The van der Waals surface area contributed by atoms with Crippen molar-refractivity contribution in [1.82, 2.24) is 10.6 Å². The molecule has 0 spiro atoms. The maximum atomic E-state index is 14.1. The van der Waals surface area contributed by atoms with Crippen LogP contribution in [0.25, 0.3) is 0 Å². The van der Waals surface area contributed by atoms with Crippen molar-refractivity contribution in [1.29, 1.82) is 0 Å². The molecular formula is C23H24ClF3N2O5. The van der Waals surface area contributed by atoms with Crippen molar-refractivity contribution in [2.75, 3.05) is 13.2 Å². The summed E-state index contributed by atoms with van der Waals surface area (Å²) >= 11 is 5.84. The fourth-order valence-electron chi connectivity index (χ4n) is 3.73. The molecule has 11 heteroatoms. The van der Waals surface area contributed by atoms with E-state index in [4.69, 9.17) is 21.1 Å². The van der Waals surface area contributed by atoms with Gasteiger partial charge in [-0.2, -0.15) is 13.2 Å². The standard InChI is InChI=1S/C23H24ClF3N2O5/c1-3-11-34-16-10-7-14(12-17(16)33-4-2)19-18(20(30)13-5-8-15(24)9-6-13)22(32,23(25,26)27)29-21(31)28-19/h5-10,12,18-19,32H,3-4,11H2,1-2H3,(H2,28,29,31). The van der Waals surface area contributed by atoms with Crippen LogP contribution < -0.4 is 20.1 Å². The van der Waals surface area contributed by atoms with Gasteiger partial charge in [-0.1, -0.05) is 24.6 Å². The van der Waals surface area contributed by atoms with Crippen molar-refractivity contribution in [3.8, 4) is 11.5 Å². The molecule has 7 nitrogen and oxygen atoms in total. The molecule has 2 aromatic carbocycles. The summed E-state index contributed by atoms with van der Waals surface area (Å²) < 4.78 is 53.4. The largest absolute Gasteiger partial charge is 0.490 e. The van der Waals surface area contributed by atoms with Crippen molar-refractivity contribution in [3.63, 3.8) is 0 Å². The van der Waals surface area contributed by atoms with Crippen LogP contribution in [0, 0.1) is 5.92 Å². The summed E-state index contributed by atoms with van der Waals surface area (Å²) in [4.78, 5) is 25.5. The lowest BCUT2D eigenvalue weighted by Crippen LogP contribution is -2.72. The average Bonchev–Trinajstić information content (AvgIpc) is 2.77. The molecule has 3 rings (SSSR count). The molecule has 2 amide bonds. The van der Waals surface area contributed by atoms with Gasteiger partial charge < -0.3 is 25.2 Å². The maximum Gasteiger partial charge on any atom is 0.437 e. The third-order valence-electron chi connectivity index (χ3n) is 5.31. The minimum Gasteiger partial charge on any atom is -0.490 e.